The maximum atomic E-state index is 8.78. The standard InChI is InChI=1S/C10H6N6/c1-5-6(2)14-10-9(13-5)15-7(3-11)8(4-12)16-10/h1-2H3. The summed E-state index contributed by atoms with van der Waals surface area (Å²) in [6.45, 7) is 3.60. The van der Waals surface area contributed by atoms with Crippen molar-refractivity contribution in [1.82, 2.24) is 19.9 Å². The van der Waals surface area contributed by atoms with Crippen LogP contribution in [0.2, 0.25) is 0 Å². The van der Waals surface area contributed by atoms with Crippen molar-refractivity contribution in [3.8, 4) is 12.1 Å². The Hall–Kier alpha value is -2.60. The van der Waals surface area contributed by atoms with Gasteiger partial charge in [-0.1, -0.05) is 0 Å². The van der Waals surface area contributed by atoms with Crippen LogP contribution in [0.1, 0.15) is 22.8 Å². The number of nitriles is 2. The van der Waals surface area contributed by atoms with Crippen LogP contribution in [0.4, 0.5) is 0 Å². The summed E-state index contributed by atoms with van der Waals surface area (Å²) in [4.78, 5) is 16.2. The van der Waals surface area contributed by atoms with Crippen LogP contribution in [0.15, 0.2) is 0 Å². The molecule has 6 heteroatoms. The average molecular weight is 210 g/mol. The Balaban J connectivity index is 2.86. The lowest BCUT2D eigenvalue weighted by molar-refractivity contribution is 1.04. The van der Waals surface area contributed by atoms with Gasteiger partial charge in [0.05, 0.1) is 11.4 Å². The Labute approximate surface area is 91.2 Å². The molecule has 2 heterocycles. The molecule has 0 fully saturated rings. The highest BCUT2D eigenvalue weighted by atomic mass is 15.0. The highest BCUT2D eigenvalue weighted by molar-refractivity contribution is 5.67. The number of nitrogens with zero attached hydrogens (tertiary/aromatic N) is 6. The number of hydrogen-bond donors (Lipinski definition) is 0. The summed E-state index contributed by atoms with van der Waals surface area (Å²) in [5.41, 5.74) is 2.00. The minimum absolute atomic E-state index is 0.0208. The maximum Gasteiger partial charge on any atom is 0.199 e. The van der Waals surface area contributed by atoms with Crippen LogP contribution in [0, 0.1) is 36.5 Å². The van der Waals surface area contributed by atoms with Crippen molar-refractivity contribution in [1.29, 1.82) is 10.5 Å². The molecule has 0 aromatic carbocycles. The molecule has 76 valence electrons. The smallest absolute Gasteiger partial charge is 0.199 e. The van der Waals surface area contributed by atoms with Crippen LogP contribution >= 0.6 is 0 Å². The molecule has 0 radical (unpaired) electrons. The quantitative estimate of drug-likeness (QED) is 0.637. The third-order valence-corrected chi connectivity index (χ3v) is 2.14. The lowest BCUT2D eigenvalue weighted by Crippen LogP contribution is -2.02. The molecule has 2 aromatic rings. The molecule has 0 amide bonds. The fraction of sp³-hybridized carbons (Fsp3) is 0.200. The SMILES string of the molecule is Cc1nc2nc(C#N)c(C#N)nc2nc1C. The lowest BCUT2D eigenvalue weighted by Gasteiger charge is -2.01. The van der Waals surface area contributed by atoms with Gasteiger partial charge < -0.3 is 0 Å². The summed E-state index contributed by atoms with van der Waals surface area (Å²) in [5, 5.41) is 17.6. The van der Waals surface area contributed by atoms with E-state index in [0.717, 1.165) is 11.4 Å². The normalized spacial score (nSPS) is 9.75. The van der Waals surface area contributed by atoms with Crippen LogP contribution in [-0.2, 0) is 0 Å². The van der Waals surface area contributed by atoms with E-state index in [4.69, 9.17) is 10.5 Å². The van der Waals surface area contributed by atoms with Gasteiger partial charge in [-0.2, -0.15) is 10.5 Å². The second-order valence-corrected chi connectivity index (χ2v) is 3.19. The lowest BCUT2D eigenvalue weighted by atomic mass is 10.3. The molecule has 0 unspecified atom stereocenters. The van der Waals surface area contributed by atoms with E-state index in [2.05, 4.69) is 19.9 Å². The summed E-state index contributed by atoms with van der Waals surface area (Å²) in [7, 11) is 0. The van der Waals surface area contributed by atoms with Crippen LogP contribution in [0.3, 0.4) is 0 Å². The second kappa shape index (κ2) is 3.52. The molecule has 0 aliphatic rings. The van der Waals surface area contributed by atoms with E-state index in [1.165, 1.54) is 0 Å². The van der Waals surface area contributed by atoms with Crippen molar-refractivity contribution in [2.24, 2.45) is 0 Å². The molecule has 0 saturated carbocycles. The Morgan fingerprint density at radius 3 is 1.44 bits per heavy atom. The molecular weight excluding hydrogens is 204 g/mol. The molecule has 0 spiro atoms. The number of aryl methyl sites for hydroxylation is 2. The van der Waals surface area contributed by atoms with Crippen molar-refractivity contribution in [2.45, 2.75) is 13.8 Å². The molecule has 0 N–H and O–H groups in total. The van der Waals surface area contributed by atoms with E-state index in [1.54, 1.807) is 13.8 Å². The average Bonchev–Trinajstić information content (AvgIpc) is 2.29. The Kier molecular flexibility index (Phi) is 2.19. The minimum atomic E-state index is -0.0208. The number of hydrogen-bond acceptors (Lipinski definition) is 6. The maximum absolute atomic E-state index is 8.78. The van der Waals surface area contributed by atoms with Gasteiger partial charge in [-0.25, -0.2) is 19.9 Å². The van der Waals surface area contributed by atoms with Crippen LogP contribution in [0.5, 0.6) is 0 Å². The molecule has 6 nitrogen and oxygen atoms in total. The van der Waals surface area contributed by atoms with Gasteiger partial charge >= 0.3 is 0 Å². The van der Waals surface area contributed by atoms with E-state index in [9.17, 15) is 0 Å². The van der Waals surface area contributed by atoms with Gasteiger partial charge in [-0.15, -0.1) is 0 Å². The fourth-order valence-electron chi connectivity index (χ4n) is 1.20. The van der Waals surface area contributed by atoms with Crippen LogP contribution in [-0.4, -0.2) is 19.9 Å². The van der Waals surface area contributed by atoms with Gasteiger partial charge in [0.2, 0.25) is 0 Å². The Morgan fingerprint density at radius 2 is 1.12 bits per heavy atom. The van der Waals surface area contributed by atoms with Crippen LogP contribution < -0.4 is 0 Å². The Morgan fingerprint density at radius 1 is 0.750 bits per heavy atom. The minimum Gasteiger partial charge on any atom is -0.229 e. The molecule has 2 aromatic heterocycles. The van der Waals surface area contributed by atoms with Crippen LogP contribution in [0.25, 0.3) is 11.3 Å². The first-order valence-electron chi connectivity index (χ1n) is 4.49. The molecule has 16 heavy (non-hydrogen) atoms. The molecule has 0 bridgehead atoms. The molecular formula is C10H6N6. The number of aromatic nitrogens is 4. The van der Waals surface area contributed by atoms with Gasteiger partial charge in [0.25, 0.3) is 0 Å². The van der Waals surface area contributed by atoms with Gasteiger partial charge in [0.1, 0.15) is 12.1 Å². The third kappa shape index (κ3) is 1.43. The van der Waals surface area contributed by atoms with Gasteiger partial charge in [0.15, 0.2) is 22.7 Å². The predicted octanol–water partition coefficient (Wildman–Crippen LogP) is 0.780. The fourth-order valence-corrected chi connectivity index (χ4v) is 1.20. The van der Waals surface area contributed by atoms with E-state index in [-0.39, 0.29) is 11.4 Å². The largest absolute Gasteiger partial charge is 0.229 e. The van der Waals surface area contributed by atoms with E-state index >= 15 is 0 Å². The third-order valence-electron chi connectivity index (χ3n) is 2.14. The van der Waals surface area contributed by atoms with Crippen molar-refractivity contribution < 1.29 is 0 Å². The first kappa shape index (κ1) is 9.94. The summed E-state index contributed by atoms with van der Waals surface area (Å²) in [6, 6.07) is 3.62. The van der Waals surface area contributed by atoms with E-state index in [1.807, 2.05) is 12.1 Å². The second-order valence-electron chi connectivity index (χ2n) is 3.19. The first-order valence-corrected chi connectivity index (χ1v) is 4.49. The first-order chi connectivity index (χ1) is 7.65. The summed E-state index contributed by atoms with van der Waals surface area (Å²) in [6.07, 6.45) is 0. The van der Waals surface area contributed by atoms with Gasteiger partial charge in [-0.3, -0.25) is 0 Å². The van der Waals surface area contributed by atoms with E-state index in [0.29, 0.717) is 11.3 Å². The van der Waals surface area contributed by atoms with Crippen molar-refractivity contribution in [2.75, 3.05) is 0 Å². The van der Waals surface area contributed by atoms with Crippen molar-refractivity contribution in [3.63, 3.8) is 0 Å². The monoisotopic (exact) mass is 210 g/mol. The van der Waals surface area contributed by atoms with Crippen molar-refractivity contribution in [3.05, 3.63) is 22.8 Å². The van der Waals surface area contributed by atoms with Gasteiger partial charge in [-0.05, 0) is 13.8 Å². The number of rotatable bonds is 0. The topological polar surface area (TPSA) is 99.1 Å². The zero-order valence-corrected chi connectivity index (χ0v) is 8.68. The highest BCUT2D eigenvalue weighted by Crippen LogP contribution is 2.10. The summed E-state index contributed by atoms with van der Waals surface area (Å²) >= 11 is 0. The zero-order valence-electron chi connectivity index (χ0n) is 8.68. The van der Waals surface area contributed by atoms with Gasteiger partial charge in [0, 0.05) is 0 Å². The molecule has 0 aliphatic carbocycles. The molecule has 0 atom stereocenters. The highest BCUT2D eigenvalue weighted by Gasteiger charge is 2.10. The Bertz CT molecular complexity index is 603. The zero-order chi connectivity index (χ0) is 11.7. The summed E-state index contributed by atoms with van der Waals surface area (Å²) in [5.74, 6) is 0. The predicted molar refractivity (Wildman–Crippen MR) is 54.0 cm³/mol. The molecule has 2 rings (SSSR count). The molecule has 0 aliphatic heterocycles. The summed E-state index contributed by atoms with van der Waals surface area (Å²) < 4.78 is 0. The molecule has 0 saturated heterocycles. The number of fused-ring (bicyclic) bond motifs is 1. The van der Waals surface area contributed by atoms with Crippen molar-refractivity contribution >= 4 is 11.3 Å². The van der Waals surface area contributed by atoms with E-state index < -0.39 is 0 Å².